The van der Waals surface area contributed by atoms with Crippen molar-refractivity contribution in [3.05, 3.63) is 0 Å². The predicted octanol–water partition coefficient (Wildman–Crippen LogP) is 0.524. The van der Waals surface area contributed by atoms with Crippen LogP contribution in [0.2, 0.25) is 0 Å². The van der Waals surface area contributed by atoms with Crippen molar-refractivity contribution in [3.8, 4) is 0 Å². The van der Waals surface area contributed by atoms with Crippen LogP contribution < -0.4 is 0 Å². The second-order valence-corrected chi connectivity index (χ2v) is 3.29. The molecule has 0 aromatic heterocycles. The van der Waals surface area contributed by atoms with Gasteiger partial charge in [-0.1, -0.05) is 0 Å². The van der Waals surface area contributed by atoms with E-state index in [0.717, 1.165) is 0 Å². The molecule has 12 heavy (non-hydrogen) atoms. The van der Waals surface area contributed by atoms with E-state index in [0.29, 0.717) is 0 Å². The first-order chi connectivity index (χ1) is 5.60. The maximum atomic E-state index is 10.7. The summed E-state index contributed by atoms with van der Waals surface area (Å²) in [5.41, 5.74) is 0. The van der Waals surface area contributed by atoms with Crippen LogP contribution in [0.3, 0.4) is 0 Å². The maximum absolute atomic E-state index is 10.7. The standard InChI is InChI=1S/C4H9Cl2O5P/c5-1-3(7)10-12(9)11-4(8)2-6/h3-4,7-8,12H,1-2H2. The summed E-state index contributed by atoms with van der Waals surface area (Å²) in [5.74, 6) is -0.451. The molecule has 0 fully saturated rings. The average molecular weight is 239 g/mol. The van der Waals surface area contributed by atoms with E-state index in [2.05, 4.69) is 9.05 Å². The fourth-order valence-electron chi connectivity index (χ4n) is 0.313. The molecule has 0 spiro atoms. The Morgan fingerprint density at radius 3 is 1.75 bits per heavy atom. The van der Waals surface area contributed by atoms with E-state index in [1.165, 1.54) is 0 Å². The number of rotatable bonds is 6. The lowest BCUT2D eigenvalue weighted by Crippen LogP contribution is -2.13. The zero-order chi connectivity index (χ0) is 9.56. The molecule has 0 aliphatic carbocycles. The minimum Gasteiger partial charge on any atom is -0.367 e. The SMILES string of the molecule is O=[PH](OC(O)CCl)OC(O)CCl. The highest BCUT2D eigenvalue weighted by molar-refractivity contribution is 7.33. The molecule has 0 bridgehead atoms. The Kier molecular flexibility index (Phi) is 7.48. The zero-order valence-corrected chi connectivity index (χ0v) is 8.46. The van der Waals surface area contributed by atoms with Crippen LogP contribution in [-0.4, -0.2) is 34.6 Å². The molecule has 2 atom stereocenters. The molecule has 74 valence electrons. The maximum Gasteiger partial charge on any atom is 0.323 e. The summed E-state index contributed by atoms with van der Waals surface area (Å²) in [6.45, 7) is 0. The van der Waals surface area contributed by atoms with Crippen molar-refractivity contribution in [2.45, 2.75) is 12.6 Å². The third-order valence-electron chi connectivity index (χ3n) is 0.729. The molecule has 0 aromatic carbocycles. The minimum atomic E-state index is -2.93. The molecule has 0 saturated carbocycles. The number of aliphatic hydroxyl groups is 2. The van der Waals surface area contributed by atoms with Crippen LogP contribution in [-0.2, 0) is 13.6 Å². The molecule has 0 rings (SSSR count). The number of alkyl halides is 2. The third kappa shape index (κ3) is 6.20. The van der Waals surface area contributed by atoms with Crippen LogP contribution >= 0.6 is 31.5 Å². The molecule has 0 aromatic rings. The molecule has 0 saturated heterocycles. The van der Waals surface area contributed by atoms with Gasteiger partial charge in [-0.15, -0.1) is 23.2 Å². The molecule has 2 unspecified atom stereocenters. The van der Waals surface area contributed by atoms with Crippen LogP contribution in [0.1, 0.15) is 0 Å². The molecule has 8 heteroatoms. The van der Waals surface area contributed by atoms with Crippen molar-refractivity contribution in [3.63, 3.8) is 0 Å². The molecule has 5 nitrogen and oxygen atoms in total. The summed E-state index contributed by atoms with van der Waals surface area (Å²) < 4.78 is 19.3. The average Bonchev–Trinajstić information content (AvgIpc) is 2.03. The molecular weight excluding hydrogens is 230 g/mol. The van der Waals surface area contributed by atoms with Gasteiger partial charge in [-0.3, -0.25) is 13.6 Å². The summed E-state index contributed by atoms with van der Waals surface area (Å²) in [6.07, 6.45) is -2.72. The Hall–Kier alpha value is 0.650. The molecule has 2 N–H and O–H groups in total. The van der Waals surface area contributed by atoms with Crippen molar-refractivity contribution in [1.82, 2.24) is 0 Å². The van der Waals surface area contributed by atoms with Crippen LogP contribution in [0.15, 0.2) is 0 Å². The first-order valence-corrected chi connectivity index (χ1v) is 5.24. The molecule has 0 radical (unpaired) electrons. The number of aliphatic hydroxyl groups excluding tert-OH is 2. The third-order valence-corrected chi connectivity index (χ3v) is 2.19. The van der Waals surface area contributed by atoms with E-state index >= 15 is 0 Å². The second kappa shape index (κ2) is 7.09. The fourth-order valence-corrected chi connectivity index (χ4v) is 1.32. The monoisotopic (exact) mass is 238 g/mol. The van der Waals surface area contributed by atoms with Gasteiger partial charge in [0.2, 0.25) is 0 Å². The molecule has 0 amide bonds. The van der Waals surface area contributed by atoms with E-state index in [9.17, 15) is 4.57 Å². The van der Waals surface area contributed by atoms with Gasteiger partial charge < -0.3 is 10.2 Å². The summed E-state index contributed by atoms with van der Waals surface area (Å²) in [7, 11) is -2.93. The summed E-state index contributed by atoms with van der Waals surface area (Å²) in [4.78, 5) is 0. The van der Waals surface area contributed by atoms with E-state index in [1.807, 2.05) is 0 Å². The highest BCUT2D eigenvalue weighted by atomic mass is 35.5. The fraction of sp³-hybridized carbons (Fsp3) is 1.00. The van der Waals surface area contributed by atoms with E-state index in [1.54, 1.807) is 0 Å². The lowest BCUT2D eigenvalue weighted by Gasteiger charge is -2.10. The van der Waals surface area contributed by atoms with Crippen molar-refractivity contribution in [1.29, 1.82) is 0 Å². The highest BCUT2D eigenvalue weighted by Gasteiger charge is 2.11. The van der Waals surface area contributed by atoms with Crippen LogP contribution in [0.5, 0.6) is 0 Å². The van der Waals surface area contributed by atoms with Gasteiger partial charge >= 0.3 is 8.25 Å². The van der Waals surface area contributed by atoms with Gasteiger partial charge in [0.25, 0.3) is 0 Å². The van der Waals surface area contributed by atoms with Crippen molar-refractivity contribution < 1.29 is 23.8 Å². The summed E-state index contributed by atoms with van der Waals surface area (Å²) >= 11 is 10.2. The number of hydrogen-bond donors (Lipinski definition) is 2. The van der Waals surface area contributed by atoms with Crippen LogP contribution in [0.4, 0.5) is 0 Å². The van der Waals surface area contributed by atoms with Crippen molar-refractivity contribution >= 4 is 31.5 Å². The van der Waals surface area contributed by atoms with Gasteiger partial charge in [0.1, 0.15) is 0 Å². The molecule has 0 aliphatic heterocycles. The molecule has 0 heterocycles. The molecular formula is C4H9Cl2O5P. The summed E-state index contributed by atoms with van der Waals surface area (Å²) in [6, 6.07) is 0. The lowest BCUT2D eigenvalue weighted by atomic mass is 10.8. The first-order valence-electron chi connectivity index (χ1n) is 2.95. The van der Waals surface area contributed by atoms with Crippen LogP contribution in [0, 0.1) is 0 Å². The largest absolute Gasteiger partial charge is 0.367 e. The summed E-state index contributed by atoms with van der Waals surface area (Å²) in [5, 5.41) is 17.4. The van der Waals surface area contributed by atoms with E-state index < -0.39 is 20.8 Å². The first kappa shape index (κ1) is 12.7. The van der Waals surface area contributed by atoms with Gasteiger partial charge in [0, 0.05) is 0 Å². The van der Waals surface area contributed by atoms with Gasteiger partial charge in [-0.2, -0.15) is 0 Å². The Morgan fingerprint density at radius 1 is 1.17 bits per heavy atom. The normalized spacial score (nSPS) is 18.7. The molecule has 0 aliphatic rings. The smallest absolute Gasteiger partial charge is 0.323 e. The topological polar surface area (TPSA) is 76.0 Å². The van der Waals surface area contributed by atoms with E-state index in [-0.39, 0.29) is 11.8 Å². The Morgan fingerprint density at radius 2 is 1.50 bits per heavy atom. The lowest BCUT2D eigenvalue weighted by molar-refractivity contribution is -0.0400. The number of hydrogen-bond acceptors (Lipinski definition) is 5. The predicted molar refractivity (Wildman–Crippen MR) is 44.6 cm³/mol. The van der Waals surface area contributed by atoms with Gasteiger partial charge in [0.05, 0.1) is 11.8 Å². The minimum absolute atomic E-state index is 0.225. The van der Waals surface area contributed by atoms with E-state index in [4.69, 9.17) is 33.4 Å². The highest BCUT2D eigenvalue weighted by Crippen LogP contribution is 2.27. The second-order valence-electron chi connectivity index (χ2n) is 1.70. The van der Waals surface area contributed by atoms with Gasteiger partial charge in [-0.25, -0.2) is 0 Å². The van der Waals surface area contributed by atoms with Gasteiger partial charge in [-0.05, 0) is 0 Å². The van der Waals surface area contributed by atoms with Crippen LogP contribution in [0.25, 0.3) is 0 Å². The Balaban J connectivity index is 3.59. The quantitative estimate of drug-likeness (QED) is 0.401. The van der Waals surface area contributed by atoms with Gasteiger partial charge in [0.15, 0.2) is 12.6 Å². The Labute approximate surface area is 80.1 Å². The van der Waals surface area contributed by atoms with Crippen molar-refractivity contribution in [2.24, 2.45) is 0 Å². The Bertz CT molecular complexity index is 131. The zero-order valence-electron chi connectivity index (χ0n) is 5.94. The van der Waals surface area contributed by atoms with Crippen molar-refractivity contribution in [2.75, 3.05) is 11.8 Å². The number of halogens is 2.